The summed E-state index contributed by atoms with van der Waals surface area (Å²) >= 11 is 13.5. The van der Waals surface area contributed by atoms with E-state index in [0.717, 1.165) is 54.3 Å². The Morgan fingerprint density at radius 1 is 1.31 bits per heavy atom. The van der Waals surface area contributed by atoms with Gasteiger partial charge in [0.25, 0.3) is 0 Å². The molecule has 0 radical (unpaired) electrons. The minimum absolute atomic E-state index is 0.0216. The molecule has 0 bridgehead atoms. The van der Waals surface area contributed by atoms with Crippen molar-refractivity contribution in [1.82, 2.24) is 20.5 Å². The number of hydrogen-bond donors (Lipinski definition) is 3. The number of halogens is 1. The van der Waals surface area contributed by atoms with Crippen molar-refractivity contribution in [2.24, 2.45) is 0 Å². The molecule has 2 fully saturated rings. The maximum absolute atomic E-state index is 12.1. The van der Waals surface area contributed by atoms with Gasteiger partial charge in [0.1, 0.15) is 11.9 Å². The Hall–Kier alpha value is -1.97. The summed E-state index contributed by atoms with van der Waals surface area (Å²) in [6.07, 6.45) is 0. The first kappa shape index (κ1) is 20.3. The molecule has 4 rings (SSSR count). The van der Waals surface area contributed by atoms with Gasteiger partial charge in [0.15, 0.2) is 5.11 Å². The predicted molar refractivity (Wildman–Crippen MR) is 125 cm³/mol. The smallest absolute Gasteiger partial charge is 0.243 e. The quantitative estimate of drug-likeness (QED) is 0.596. The van der Waals surface area contributed by atoms with E-state index in [4.69, 9.17) is 29.6 Å². The van der Waals surface area contributed by atoms with Crippen LogP contribution in [0.2, 0.25) is 5.02 Å². The molecule has 0 aliphatic carbocycles. The van der Waals surface area contributed by atoms with Crippen LogP contribution in [0.25, 0.3) is 10.9 Å². The number of benzene rings is 1. The summed E-state index contributed by atoms with van der Waals surface area (Å²) in [6, 6.07) is 7.33. The number of nitrogens with zero attached hydrogens (tertiary/aromatic N) is 3. The number of nitrogens with one attached hydrogen (secondary N) is 2. The van der Waals surface area contributed by atoms with E-state index >= 15 is 0 Å². The second-order valence-corrected chi connectivity index (χ2v) is 9.04. The number of thiocarbonyl (C=S) groups is 1. The molecule has 1 amide bonds. The van der Waals surface area contributed by atoms with E-state index in [1.54, 1.807) is 11.8 Å². The molecule has 2 aromatic rings. The third-order valence-electron chi connectivity index (χ3n) is 5.12. The second kappa shape index (κ2) is 8.81. The number of piperazine rings is 1. The van der Waals surface area contributed by atoms with Gasteiger partial charge in [0, 0.05) is 66.4 Å². The molecule has 1 aromatic heterocycles. The van der Waals surface area contributed by atoms with Gasteiger partial charge in [-0.15, -0.1) is 0 Å². The molecule has 3 heterocycles. The Labute approximate surface area is 184 Å². The number of amides is 1. The normalized spacial score (nSPS) is 20.3. The van der Waals surface area contributed by atoms with Crippen LogP contribution in [0.15, 0.2) is 24.3 Å². The molecule has 1 atom stereocenters. The SMILES string of the molecule is Nc1cc(N2CCN(C(=S)N[C@H]3CSCCNC3=O)CC2)c2ccc(Cl)cc2n1. The molecule has 2 aliphatic heterocycles. The van der Waals surface area contributed by atoms with Crippen molar-refractivity contribution in [3.8, 4) is 0 Å². The van der Waals surface area contributed by atoms with Crippen LogP contribution in [0.3, 0.4) is 0 Å². The van der Waals surface area contributed by atoms with Crippen LogP contribution in [0.4, 0.5) is 11.5 Å². The number of thioether (sulfide) groups is 1. The van der Waals surface area contributed by atoms with Crippen LogP contribution in [0.5, 0.6) is 0 Å². The maximum atomic E-state index is 12.1. The first-order valence-corrected chi connectivity index (χ1v) is 11.5. The fourth-order valence-corrected chi connectivity index (χ4v) is 4.98. The molecule has 7 nitrogen and oxygen atoms in total. The summed E-state index contributed by atoms with van der Waals surface area (Å²) in [7, 11) is 0. The molecule has 10 heteroatoms. The van der Waals surface area contributed by atoms with E-state index < -0.39 is 0 Å². The zero-order valence-corrected chi connectivity index (χ0v) is 18.2. The van der Waals surface area contributed by atoms with E-state index in [2.05, 4.69) is 25.4 Å². The number of fused-ring (bicyclic) bond motifs is 1. The van der Waals surface area contributed by atoms with E-state index in [1.807, 2.05) is 24.3 Å². The van der Waals surface area contributed by atoms with Gasteiger partial charge in [-0.2, -0.15) is 11.8 Å². The number of carbonyl (C=O) groups excluding carboxylic acids is 1. The summed E-state index contributed by atoms with van der Waals surface area (Å²) in [6.45, 7) is 3.85. The number of rotatable bonds is 2. The van der Waals surface area contributed by atoms with Gasteiger partial charge in [0.05, 0.1) is 5.52 Å². The van der Waals surface area contributed by atoms with Crippen LogP contribution >= 0.6 is 35.6 Å². The molecular formula is C19H23ClN6OS2. The highest BCUT2D eigenvalue weighted by atomic mass is 35.5. The van der Waals surface area contributed by atoms with Crippen LogP contribution in [0, 0.1) is 0 Å². The highest BCUT2D eigenvalue weighted by Gasteiger charge is 2.26. The molecule has 1 aromatic carbocycles. The predicted octanol–water partition coefficient (Wildman–Crippen LogP) is 1.70. The summed E-state index contributed by atoms with van der Waals surface area (Å²) in [4.78, 5) is 21.0. The van der Waals surface area contributed by atoms with E-state index in [-0.39, 0.29) is 11.9 Å². The topological polar surface area (TPSA) is 86.5 Å². The molecule has 2 saturated heterocycles. The highest BCUT2D eigenvalue weighted by Crippen LogP contribution is 2.30. The van der Waals surface area contributed by atoms with Crippen LogP contribution in [-0.2, 0) is 4.79 Å². The molecule has 0 saturated carbocycles. The highest BCUT2D eigenvalue weighted by molar-refractivity contribution is 7.99. The molecule has 29 heavy (non-hydrogen) atoms. The van der Waals surface area contributed by atoms with Crippen LogP contribution in [-0.4, -0.2) is 71.2 Å². The van der Waals surface area contributed by atoms with Crippen molar-refractivity contribution in [1.29, 1.82) is 0 Å². The average Bonchev–Trinajstić information content (AvgIpc) is 2.91. The van der Waals surface area contributed by atoms with Gasteiger partial charge in [-0.1, -0.05) is 11.6 Å². The third kappa shape index (κ3) is 4.62. The van der Waals surface area contributed by atoms with Crippen molar-refractivity contribution in [2.75, 3.05) is 54.9 Å². The molecule has 154 valence electrons. The van der Waals surface area contributed by atoms with Crippen LogP contribution < -0.4 is 21.3 Å². The lowest BCUT2D eigenvalue weighted by atomic mass is 10.1. The Morgan fingerprint density at radius 3 is 2.90 bits per heavy atom. The number of nitrogen functional groups attached to an aromatic ring is 1. The monoisotopic (exact) mass is 450 g/mol. The van der Waals surface area contributed by atoms with Gasteiger partial charge < -0.3 is 26.2 Å². The second-order valence-electron chi connectivity index (χ2n) is 7.07. The van der Waals surface area contributed by atoms with E-state index in [0.29, 0.717) is 22.5 Å². The van der Waals surface area contributed by atoms with Crippen molar-refractivity contribution < 1.29 is 4.79 Å². The summed E-state index contributed by atoms with van der Waals surface area (Å²) in [5.41, 5.74) is 7.88. The third-order valence-corrected chi connectivity index (χ3v) is 6.79. The first-order valence-electron chi connectivity index (χ1n) is 9.53. The lowest BCUT2D eigenvalue weighted by molar-refractivity contribution is -0.122. The summed E-state index contributed by atoms with van der Waals surface area (Å²) < 4.78 is 0. The standard InChI is InChI=1S/C19H23ClN6OS2/c20-12-1-2-13-14(9-12)23-17(21)10-16(13)25-4-6-26(7-5-25)19(28)24-15-11-29-8-3-22-18(15)27/h1-2,9-10,15H,3-8,11H2,(H2,21,23)(H,22,27)(H,24,28)/t15-/m0/s1. The van der Waals surface area contributed by atoms with Crippen molar-refractivity contribution in [3.05, 3.63) is 29.3 Å². The van der Waals surface area contributed by atoms with Crippen molar-refractivity contribution in [2.45, 2.75) is 6.04 Å². The Kier molecular flexibility index (Phi) is 6.17. The molecule has 0 unspecified atom stereocenters. The fraction of sp³-hybridized carbons (Fsp3) is 0.421. The lowest BCUT2D eigenvalue weighted by Crippen LogP contribution is -2.56. The van der Waals surface area contributed by atoms with Gasteiger partial charge in [-0.05, 0) is 30.4 Å². The molecular weight excluding hydrogens is 428 g/mol. The Balaban J connectivity index is 1.42. The fourth-order valence-electron chi connectivity index (χ4n) is 3.61. The molecule has 2 aliphatic rings. The summed E-state index contributed by atoms with van der Waals surface area (Å²) in [5.74, 6) is 2.17. The molecule has 0 spiro atoms. The lowest BCUT2D eigenvalue weighted by Gasteiger charge is -2.38. The number of hydrogen-bond acceptors (Lipinski definition) is 6. The van der Waals surface area contributed by atoms with E-state index in [1.165, 1.54) is 0 Å². The van der Waals surface area contributed by atoms with Crippen LogP contribution in [0.1, 0.15) is 0 Å². The number of aromatic nitrogens is 1. The number of anilines is 2. The van der Waals surface area contributed by atoms with Gasteiger partial charge >= 0.3 is 0 Å². The molecule has 4 N–H and O–H groups in total. The maximum Gasteiger partial charge on any atom is 0.243 e. The number of carbonyl (C=O) groups is 1. The largest absolute Gasteiger partial charge is 0.384 e. The Morgan fingerprint density at radius 2 is 2.10 bits per heavy atom. The van der Waals surface area contributed by atoms with Gasteiger partial charge in [0.2, 0.25) is 5.91 Å². The Bertz CT molecular complexity index is 929. The minimum Gasteiger partial charge on any atom is -0.384 e. The average molecular weight is 451 g/mol. The number of pyridine rings is 1. The zero-order chi connectivity index (χ0) is 20.4. The van der Waals surface area contributed by atoms with Gasteiger partial charge in [-0.3, -0.25) is 4.79 Å². The number of nitrogens with two attached hydrogens (primary N) is 1. The van der Waals surface area contributed by atoms with Crippen molar-refractivity contribution in [3.63, 3.8) is 0 Å². The zero-order valence-electron chi connectivity index (χ0n) is 15.9. The van der Waals surface area contributed by atoms with Gasteiger partial charge in [-0.25, -0.2) is 4.98 Å². The minimum atomic E-state index is -0.276. The summed E-state index contributed by atoms with van der Waals surface area (Å²) in [5, 5.41) is 8.47. The first-order chi connectivity index (χ1) is 14.0. The van der Waals surface area contributed by atoms with Crippen molar-refractivity contribution >= 4 is 69.0 Å². The van der Waals surface area contributed by atoms with E-state index in [9.17, 15) is 4.79 Å².